The maximum absolute atomic E-state index is 14.9. The SMILES string of the molecule is C/C=C/COc1ccc(CCc2ccc3cc(CCC)oc(=O)c3c2F)cc1. The summed E-state index contributed by atoms with van der Waals surface area (Å²) in [5.74, 6) is 0.934. The average molecular weight is 380 g/mol. The third-order valence-corrected chi connectivity index (χ3v) is 4.68. The lowest BCUT2D eigenvalue weighted by molar-refractivity contribution is 0.362. The van der Waals surface area contributed by atoms with Crippen molar-refractivity contribution in [2.75, 3.05) is 6.61 Å². The van der Waals surface area contributed by atoms with Gasteiger partial charge in [-0.1, -0.05) is 43.3 Å². The van der Waals surface area contributed by atoms with E-state index in [4.69, 9.17) is 9.15 Å². The Morgan fingerprint density at radius 3 is 2.57 bits per heavy atom. The molecule has 2 aromatic carbocycles. The van der Waals surface area contributed by atoms with Crippen LogP contribution in [0.25, 0.3) is 10.8 Å². The van der Waals surface area contributed by atoms with Gasteiger partial charge in [0.2, 0.25) is 0 Å². The molecule has 0 saturated heterocycles. The van der Waals surface area contributed by atoms with Crippen molar-refractivity contribution in [2.45, 2.75) is 39.5 Å². The van der Waals surface area contributed by atoms with Crippen molar-refractivity contribution in [2.24, 2.45) is 0 Å². The molecule has 0 bridgehead atoms. The summed E-state index contributed by atoms with van der Waals surface area (Å²) in [5.41, 5.74) is 1.02. The number of benzene rings is 2. The summed E-state index contributed by atoms with van der Waals surface area (Å²) < 4.78 is 25.7. The van der Waals surface area contributed by atoms with Crippen LogP contribution >= 0.6 is 0 Å². The van der Waals surface area contributed by atoms with Crippen LogP contribution in [0.4, 0.5) is 4.39 Å². The van der Waals surface area contributed by atoms with Gasteiger partial charge in [-0.3, -0.25) is 0 Å². The number of aryl methyl sites for hydroxylation is 3. The van der Waals surface area contributed by atoms with Crippen LogP contribution in [0.5, 0.6) is 5.75 Å². The van der Waals surface area contributed by atoms with E-state index in [1.54, 1.807) is 12.1 Å². The number of allylic oxidation sites excluding steroid dienone is 1. The lowest BCUT2D eigenvalue weighted by atomic mass is 10.0. The van der Waals surface area contributed by atoms with Crippen molar-refractivity contribution in [3.63, 3.8) is 0 Å². The molecule has 1 heterocycles. The molecule has 0 unspecified atom stereocenters. The van der Waals surface area contributed by atoms with Crippen molar-refractivity contribution in [1.29, 1.82) is 0 Å². The van der Waals surface area contributed by atoms with E-state index in [1.165, 1.54) is 0 Å². The van der Waals surface area contributed by atoms with Crippen LogP contribution in [0.2, 0.25) is 0 Å². The largest absolute Gasteiger partial charge is 0.490 e. The van der Waals surface area contributed by atoms with Gasteiger partial charge in [-0.25, -0.2) is 9.18 Å². The normalized spacial score (nSPS) is 11.4. The van der Waals surface area contributed by atoms with Gasteiger partial charge in [0, 0.05) is 6.42 Å². The first-order valence-corrected chi connectivity index (χ1v) is 9.69. The van der Waals surface area contributed by atoms with Crippen molar-refractivity contribution >= 4 is 10.8 Å². The molecule has 0 aliphatic carbocycles. The average Bonchev–Trinajstić information content (AvgIpc) is 2.69. The second kappa shape index (κ2) is 9.36. The fourth-order valence-corrected chi connectivity index (χ4v) is 3.17. The topological polar surface area (TPSA) is 39.4 Å². The first kappa shape index (κ1) is 19.9. The van der Waals surface area contributed by atoms with Crippen LogP contribution in [0.15, 0.2) is 63.8 Å². The summed E-state index contributed by atoms with van der Waals surface area (Å²) in [6.45, 7) is 4.50. The Morgan fingerprint density at radius 1 is 1.07 bits per heavy atom. The zero-order valence-electron chi connectivity index (χ0n) is 16.3. The lowest BCUT2D eigenvalue weighted by Gasteiger charge is -2.08. The van der Waals surface area contributed by atoms with Gasteiger partial charge in [-0.2, -0.15) is 0 Å². The Bertz CT molecular complexity index is 1020. The summed E-state index contributed by atoms with van der Waals surface area (Å²) in [5, 5.41) is 0.647. The minimum absolute atomic E-state index is 0.0464. The van der Waals surface area contributed by atoms with Crippen molar-refractivity contribution in [1.82, 2.24) is 0 Å². The van der Waals surface area contributed by atoms with E-state index < -0.39 is 11.4 Å². The summed E-state index contributed by atoms with van der Waals surface area (Å²) >= 11 is 0. The molecule has 0 fully saturated rings. The van der Waals surface area contributed by atoms with Gasteiger partial charge in [0.25, 0.3) is 0 Å². The molecule has 3 nitrogen and oxygen atoms in total. The molecule has 0 radical (unpaired) electrons. The summed E-state index contributed by atoms with van der Waals surface area (Å²) in [6, 6.07) is 13.1. The highest BCUT2D eigenvalue weighted by molar-refractivity contribution is 5.82. The molecule has 0 atom stereocenters. The van der Waals surface area contributed by atoms with Crippen LogP contribution in [0, 0.1) is 5.82 Å². The molecule has 0 aliphatic heterocycles. The zero-order valence-corrected chi connectivity index (χ0v) is 16.3. The fourth-order valence-electron chi connectivity index (χ4n) is 3.17. The molecule has 3 rings (SSSR count). The molecule has 4 heteroatoms. The van der Waals surface area contributed by atoms with Gasteiger partial charge in [0.1, 0.15) is 29.3 Å². The standard InChI is InChI=1S/C24H25FO3/c1-3-5-15-27-20-13-8-17(9-14-20)7-10-18-11-12-19-16-21(6-4-2)28-24(26)22(19)23(18)25/h3,5,8-9,11-14,16H,4,6-7,10,15H2,1-2H3/b5-3+. The van der Waals surface area contributed by atoms with Crippen molar-refractivity contribution in [3.8, 4) is 5.75 Å². The van der Waals surface area contributed by atoms with Crippen molar-refractivity contribution in [3.05, 3.63) is 87.7 Å². The predicted octanol–water partition coefficient (Wildman–Crippen LogP) is 5.62. The van der Waals surface area contributed by atoms with Gasteiger partial charge in [-0.05, 0) is 60.9 Å². The van der Waals surface area contributed by atoms with Gasteiger partial charge < -0.3 is 9.15 Å². The number of fused-ring (bicyclic) bond motifs is 1. The third-order valence-electron chi connectivity index (χ3n) is 4.68. The molecule has 0 N–H and O–H groups in total. The molecular weight excluding hydrogens is 355 g/mol. The van der Waals surface area contributed by atoms with Crippen LogP contribution < -0.4 is 10.4 Å². The third kappa shape index (κ3) is 4.69. The summed E-state index contributed by atoms with van der Waals surface area (Å²) in [6.07, 6.45) is 6.61. The second-order valence-corrected chi connectivity index (χ2v) is 6.78. The molecule has 3 aromatic rings. The van der Waals surface area contributed by atoms with E-state index in [0.717, 1.165) is 17.7 Å². The summed E-state index contributed by atoms with van der Waals surface area (Å²) in [4.78, 5) is 12.2. The first-order chi connectivity index (χ1) is 13.6. The number of halogens is 1. The van der Waals surface area contributed by atoms with Crippen LogP contribution in [0.1, 0.15) is 37.2 Å². The smallest absolute Gasteiger partial charge is 0.346 e. The lowest BCUT2D eigenvalue weighted by Crippen LogP contribution is -2.07. The Labute approximate surface area is 164 Å². The Kier molecular flexibility index (Phi) is 6.64. The minimum atomic E-state index is -0.595. The molecule has 0 aliphatic rings. The van der Waals surface area contributed by atoms with Gasteiger partial charge in [0.15, 0.2) is 0 Å². The predicted molar refractivity (Wildman–Crippen MR) is 111 cm³/mol. The van der Waals surface area contributed by atoms with E-state index in [-0.39, 0.29) is 5.39 Å². The van der Waals surface area contributed by atoms with E-state index >= 15 is 0 Å². The van der Waals surface area contributed by atoms with E-state index in [1.807, 2.05) is 56.3 Å². The molecule has 0 amide bonds. The van der Waals surface area contributed by atoms with Crippen LogP contribution in [-0.4, -0.2) is 6.61 Å². The molecule has 0 saturated carbocycles. The van der Waals surface area contributed by atoms with Crippen LogP contribution in [-0.2, 0) is 19.3 Å². The Balaban J connectivity index is 1.74. The monoisotopic (exact) mass is 380 g/mol. The Morgan fingerprint density at radius 2 is 1.86 bits per heavy atom. The first-order valence-electron chi connectivity index (χ1n) is 9.69. The molecular formula is C24H25FO3. The van der Waals surface area contributed by atoms with E-state index in [9.17, 15) is 9.18 Å². The quantitative estimate of drug-likeness (QED) is 0.476. The maximum Gasteiger partial charge on any atom is 0.346 e. The number of rotatable bonds is 8. The van der Waals surface area contributed by atoms with E-state index in [0.29, 0.717) is 42.6 Å². The highest BCUT2D eigenvalue weighted by Gasteiger charge is 2.13. The molecule has 146 valence electrons. The number of ether oxygens (including phenoxy) is 1. The molecule has 1 aromatic heterocycles. The molecule has 28 heavy (non-hydrogen) atoms. The summed E-state index contributed by atoms with van der Waals surface area (Å²) in [7, 11) is 0. The van der Waals surface area contributed by atoms with Crippen LogP contribution in [0.3, 0.4) is 0 Å². The number of hydrogen-bond donors (Lipinski definition) is 0. The highest BCUT2D eigenvalue weighted by atomic mass is 19.1. The minimum Gasteiger partial charge on any atom is -0.490 e. The number of hydrogen-bond acceptors (Lipinski definition) is 3. The zero-order chi connectivity index (χ0) is 19.9. The van der Waals surface area contributed by atoms with Gasteiger partial charge >= 0.3 is 5.63 Å². The Hall–Kier alpha value is -2.88. The van der Waals surface area contributed by atoms with Gasteiger partial charge in [-0.15, -0.1) is 0 Å². The maximum atomic E-state index is 14.9. The van der Waals surface area contributed by atoms with E-state index in [2.05, 4.69) is 0 Å². The molecule has 0 spiro atoms. The van der Waals surface area contributed by atoms with Gasteiger partial charge in [0.05, 0.1) is 0 Å². The highest BCUT2D eigenvalue weighted by Crippen LogP contribution is 2.22. The second-order valence-electron chi connectivity index (χ2n) is 6.78. The van der Waals surface area contributed by atoms with Crippen molar-refractivity contribution < 1.29 is 13.5 Å². The fraction of sp³-hybridized carbons (Fsp3) is 0.292.